The van der Waals surface area contributed by atoms with E-state index in [9.17, 15) is 9.59 Å². The minimum atomic E-state index is -0.861. The first-order valence-corrected chi connectivity index (χ1v) is 7.99. The molecule has 0 saturated carbocycles. The summed E-state index contributed by atoms with van der Waals surface area (Å²) in [5.74, 6) is -0.909. The Morgan fingerprint density at radius 1 is 1.50 bits per heavy atom. The number of furan rings is 1. The summed E-state index contributed by atoms with van der Waals surface area (Å²) in [5.41, 5.74) is 1.61. The summed E-state index contributed by atoms with van der Waals surface area (Å²) < 4.78 is 5.03. The molecule has 1 N–H and O–H groups in total. The van der Waals surface area contributed by atoms with E-state index in [-0.39, 0.29) is 24.8 Å². The van der Waals surface area contributed by atoms with Crippen LogP contribution in [-0.2, 0) is 16.0 Å². The Bertz CT molecular complexity index is 665. The Morgan fingerprint density at radius 2 is 2.36 bits per heavy atom. The zero-order valence-corrected chi connectivity index (χ0v) is 12.7. The molecular formula is C15H16N2O4S. The first kappa shape index (κ1) is 14.8. The van der Waals surface area contributed by atoms with Crippen molar-refractivity contribution in [1.29, 1.82) is 0 Å². The molecule has 6 nitrogen and oxygen atoms in total. The van der Waals surface area contributed by atoms with E-state index in [0.29, 0.717) is 12.2 Å². The van der Waals surface area contributed by atoms with Crippen molar-refractivity contribution < 1.29 is 19.1 Å². The van der Waals surface area contributed by atoms with Gasteiger partial charge >= 0.3 is 5.97 Å². The van der Waals surface area contributed by atoms with E-state index in [1.54, 1.807) is 17.4 Å². The molecule has 1 unspecified atom stereocenters. The molecule has 0 spiro atoms. The van der Waals surface area contributed by atoms with E-state index in [0.717, 1.165) is 23.4 Å². The molecular weight excluding hydrogens is 304 g/mol. The number of nitrogens with zero attached hydrogens (tertiary/aromatic N) is 2. The van der Waals surface area contributed by atoms with Gasteiger partial charge in [0.2, 0.25) is 5.91 Å². The lowest BCUT2D eigenvalue weighted by atomic mass is 10.1. The normalized spacial score (nSPS) is 17.8. The maximum Gasteiger partial charge on any atom is 0.305 e. The van der Waals surface area contributed by atoms with Crippen molar-refractivity contribution in [3.8, 4) is 10.6 Å². The van der Waals surface area contributed by atoms with Crippen LogP contribution in [0.1, 0.15) is 25.0 Å². The summed E-state index contributed by atoms with van der Waals surface area (Å²) in [7, 11) is 0. The quantitative estimate of drug-likeness (QED) is 0.914. The van der Waals surface area contributed by atoms with Gasteiger partial charge in [-0.25, -0.2) is 4.98 Å². The van der Waals surface area contributed by atoms with Gasteiger partial charge in [0.05, 0.1) is 24.8 Å². The largest absolute Gasteiger partial charge is 0.481 e. The third-order valence-corrected chi connectivity index (χ3v) is 4.70. The highest BCUT2D eigenvalue weighted by atomic mass is 32.1. The first-order valence-electron chi connectivity index (χ1n) is 7.11. The summed E-state index contributed by atoms with van der Waals surface area (Å²) in [6.45, 7) is 0.634. The molecule has 1 saturated heterocycles. The fourth-order valence-electron chi connectivity index (χ4n) is 2.74. The third-order valence-electron chi connectivity index (χ3n) is 3.76. The molecule has 3 rings (SSSR count). The number of carbonyl (C=O) groups is 2. The topological polar surface area (TPSA) is 83.6 Å². The lowest BCUT2D eigenvalue weighted by Gasteiger charge is -2.23. The van der Waals surface area contributed by atoms with E-state index in [1.807, 2.05) is 11.4 Å². The highest BCUT2D eigenvalue weighted by molar-refractivity contribution is 7.13. The fraction of sp³-hybridized carbons (Fsp3) is 0.400. The average Bonchev–Trinajstić information content (AvgIpc) is 3.18. The molecule has 22 heavy (non-hydrogen) atoms. The van der Waals surface area contributed by atoms with Crippen molar-refractivity contribution in [2.75, 3.05) is 6.54 Å². The number of amides is 1. The predicted molar refractivity (Wildman–Crippen MR) is 80.5 cm³/mol. The Hall–Kier alpha value is -2.15. The van der Waals surface area contributed by atoms with Crippen molar-refractivity contribution in [1.82, 2.24) is 9.88 Å². The summed E-state index contributed by atoms with van der Waals surface area (Å²) in [6, 6.07) is 1.64. The van der Waals surface area contributed by atoms with Crippen LogP contribution in [0, 0.1) is 0 Å². The van der Waals surface area contributed by atoms with Crippen LogP contribution in [0.4, 0.5) is 0 Å². The number of aromatic nitrogens is 1. The second-order valence-electron chi connectivity index (χ2n) is 5.31. The van der Waals surface area contributed by atoms with Gasteiger partial charge in [-0.1, -0.05) is 0 Å². The maximum atomic E-state index is 12.4. The van der Waals surface area contributed by atoms with Crippen molar-refractivity contribution in [3.05, 3.63) is 29.7 Å². The van der Waals surface area contributed by atoms with E-state index in [2.05, 4.69) is 4.98 Å². The van der Waals surface area contributed by atoms with Crippen LogP contribution in [0.5, 0.6) is 0 Å². The van der Waals surface area contributed by atoms with Gasteiger partial charge in [-0.2, -0.15) is 0 Å². The third kappa shape index (κ3) is 3.19. The average molecular weight is 320 g/mol. The van der Waals surface area contributed by atoms with E-state index in [4.69, 9.17) is 9.52 Å². The molecule has 1 amide bonds. The molecule has 1 atom stereocenters. The number of hydrogen-bond acceptors (Lipinski definition) is 5. The van der Waals surface area contributed by atoms with Gasteiger partial charge in [0.15, 0.2) is 0 Å². The van der Waals surface area contributed by atoms with Gasteiger partial charge in [-0.05, 0) is 18.9 Å². The van der Waals surface area contributed by atoms with Crippen LogP contribution in [0.25, 0.3) is 10.6 Å². The first-order chi connectivity index (χ1) is 10.6. The number of carboxylic acids is 1. The fourth-order valence-corrected chi connectivity index (χ4v) is 3.55. The SMILES string of the molecule is O=C(O)CC1CCCN1C(=O)Cc1csc(-c2ccoc2)n1. The van der Waals surface area contributed by atoms with Gasteiger partial charge in [0.1, 0.15) is 11.3 Å². The Labute approximate surface area is 131 Å². The summed E-state index contributed by atoms with van der Waals surface area (Å²) >= 11 is 1.47. The van der Waals surface area contributed by atoms with Crippen LogP contribution >= 0.6 is 11.3 Å². The van der Waals surface area contributed by atoms with Crippen molar-refractivity contribution in [3.63, 3.8) is 0 Å². The Kier molecular flexibility index (Phi) is 4.24. The van der Waals surface area contributed by atoms with Crippen LogP contribution in [0.2, 0.25) is 0 Å². The van der Waals surface area contributed by atoms with Crippen LogP contribution < -0.4 is 0 Å². The van der Waals surface area contributed by atoms with Gasteiger partial charge < -0.3 is 14.4 Å². The molecule has 2 aromatic heterocycles. The smallest absolute Gasteiger partial charge is 0.305 e. The van der Waals surface area contributed by atoms with Gasteiger partial charge in [-0.15, -0.1) is 11.3 Å². The molecule has 0 aliphatic carbocycles. The molecule has 1 aliphatic rings. The van der Waals surface area contributed by atoms with Crippen molar-refractivity contribution in [2.45, 2.75) is 31.7 Å². The molecule has 116 valence electrons. The standard InChI is InChI=1S/C15H16N2O4S/c18-13(17-4-1-2-12(17)7-14(19)20)6-11-9-22-15(16-11)10-3-5-21-8-10/h3,5,8-9,12H,1-2,4,6-7H2,(H,19,20). The predicted octanol–water partition coefficient (Wildman–Crippen LogP) is 2.41. The second kappa shape index (κ2) is 6.31. The number of carbonyl (C=O) groups excluding carboxylic acids is 1. The number of aliphatic carboxylic acids is 1. The van der Waals surface area contributed by atoms with Crippen LogP contribution in [-0.4, -0.2) is 39.5 Å². The van der Waals surface area contributed by atoms with Crippen molar-refractivity contribution in [2.24, 2.45) is 0 Å². The Morgan fingerprint density at radius 3 is 3.09 bits per heavy atom. The molecule has 0 bridgehead atoms. The van der Waals surface area contributed by atoms with Gasteiger partial charge in [-0.3, -0.25) is 9.59 Å². The number of rotatable bonds is 5. The van der Waals surface area contributed by atoms with E-state index >= 15 is 0 Å². The summed E-state index contributed by atoms with van der Waals surface area (Å²) in [6.07, 6.45) is 5.06. The van der Waals surface area contributed by atoms with E-state index in [1.165, 1.54) is 11.3 Å². The molecule has 3 heterocycles. The number of thiazole rings is 1. The lowest BCUT2D eigenvalue weighted by molar-refractivity contribution is -0.139. The molecule has 1 aliphatic heterocycles. The molecule has 2 aromatic rings. The maximum absolute atomic E-state index is 12.4. The molecule has 1 fully saturated rings. The lowest BCUT2D eigenvalue weighted by Crippen LogP contribution is -2.37. The van der Waals surface area contributed by atoms with Gasteiger partial charge in [0, 0.05) is 23.5 Å². The molecule has 7 heteroatoms. The minimum Gasteiger partial charge on any atom is -0.481 e. The summed E-state index contributed by atoms with van der Waals surface area (Å²) in [4.78, 5) is 29.4. The number of carboxylic acid groups (broad SMARTS) is 1. The summed E-state index contributed by atoms with van der Waals surface area (Å²) in [5, 5.41) is 11.6. The Balaban J connectivity index is 1.65. The number of hydrogen-bond donors (Lipinski definition) is 1. The minimum absolute atomic E-state index is 0.0169. The highest BCUT2D eigenvalue weighted by Crippen LogP contribution is 2.25. The van der Waals surface area contributed by atoms with Crippen LogP contribution in [0.3, 0.4) is 0 Å². The zero-order valence-electron chi connectivity index (χ0n) is 11.9. The monoisotopic (exact) mass is 320 g/mol. The highest BCUT2D eigenvalue weighted by Gasteiger charge is 2.30. The van der Waals surface area contributed by atoms with Crippen LogP contribution in [0.15, 0.2) is 28.4 Å². The van der Waals surface area contributed by atoms with Crippen molar-refractivity contribution >= 4 is 23.2 Å². The zero-order chi connectivity index (χ0) is 15.5. The second-order valence-corrected chi connectivity index (χ2v) is 6.17. The van der Waals surface area contributed by atoms with E-state index < -0.39 is 5.97 Å². The molecule has 0 aromatic carbocycles. The number of likely N-dealkylation sites (tertiary alicyclic amines) is 1. The molecule has 0 radical (unpaired) electrons. The van der Waals surface area contributed by atoms with Gasteiger partial charge in [0.25, 0.3) is 0 Å².